The van der Waals surface area contributed by atoms with Crippen LogP contribution in [0.4, 0.5) is 0 Å². The predicted molar refractivity (Wildman–Crippen MR) is 71.9 cm³/mol. The number of nitrogens with one attached hydrogen (secondary N) is 1. The summed E-state index contributed by atoms with van der Waals surface area (Å²) in [7, 11) is 0. The van der Waals surface area contributed by atoms with Gasteiger partial charge in [0.25, 0.3) is 0 Å². The van der Waals surface area contributed by atoms with Crippen LogP contribution in [0.3, 0.4) is 0 Å². The Kier molecular flexibility index (Phi) is 4.55. The number of rotatable bonds is 7. The third-order valence-corrected chi connectivity index (χ3v) is 3.84. The number of hydrogen-bond donors (Lipinski definition) is 1. The molecule has 1 aliphatic carbocycles. The molecule has 94 valence electrons. The van der Waals surface area contributed by atoms with Crippen LogP contribution >= 0.6 is 0 Å². The van der Waals surface area contributed by atoms with Crippen molar-refractivity contribution in [2.75, 3.05) is 6.54 Å². The summed E-state index contributed by atoms with van der Waals surface area (Å²) in [6.45, 7) is 5.76. The molecule has 1 fully saturated rings. The van der Waals surface area contributed by atoms with Crippen molar-refractivity contribution >= 4 is 0 Å². The van der Waals surface area contributed by atoms with Gasteiger partial charge in [0, 0.05) is 18.4 Å². The van der Waals surface area contributed by atoms with Crippen molar-refractivity contribution in [1.29, 1.82) is 0 Å². The van der Waals surface area contributed by atoms with Crippen LogP contribution in [-0.2, 0) is 6.42 Å². The maximum absolute atomic E-state index is 4.21. The maximum atomic E-state index is 4.21. The molecule has 1 aromatic heterocycles. The topological polar surface area (TPSA) is 24.9 Å². The Morgan fingerprint density at radius 2 is 2.29 bits per heavy atom. The molecule has 2 nitrogen and oxygen atoms in total. The van der Waals surface area contributed by atoms with Gasteiger partial charge in [-0.05, 0) is 55.7 Å². The van der Waals surface area contributed by atoms with Crippen molar-refractivity contribution in [2.45, 2.75) is 45.6 Å². The molecule has 0 aromatic carbocycles. The van der Waals surface area contributed by atoms with Gasteiger partial charge in [-0.1, -0.05) is 19.9 Å². The molecule has 2 unspecified atom stereocenters. The monoisotopic (exact) mass is 232 g/mol. The highest BCUT2D eigenvalue weighted by Gasteiger charge is 2.32. The van der Waals surface area contributed by atoms with Gasteiger partial charge in [-0.25, -0.2) is 0 Å². The van der Waals surface area contributed by atoms with Crippen molar-refractivity contribution < 1.29 is 0 Å². The van der Waals surface area contributed by atoms with E-state index in [4.69, 9.17) is 0 Å². The van der Waals surface area contributed by atoms with Gasteiger partial charge in [0.1, 0.15) is 0 Å². The van der Waals surface area contributed by atoms with Crippen LogP contribution in [0, 0.1) is 11.8 Å². The standard InChI is InChI=1S/C15H24N2/c1-3-8-17-15(12(2)14-6-7-14)10-13-5-4-9-16-11-13/h4-5,9,11-12,14-15,17H,3,6-8,10H2,1-2H3. The molecule has 2 rings (SSSR count). The van der Waals surface area contributed by atoms with Crippen molar-refractivity contribution in [3.8, 4) is 0 Å². The van der Waals surface area contributed by atoms with E-state index in [2.05, 4.69) is 30.2 Å². The highest BCUT2D eigenvalue weighted by Crippen LogP contribution is 2.38. The van der Waals surface area contributed by atoms with Crippen LogP contribution in [0.25, 0.3) is 0 Å². The quantitative estimate of drug-likeness (QED) is 0.781. The van der Waals surface area contributed by atoms with E-state index in [0.29, 0.717) is 6.04 Å². The summed E-state index contributed by atoms with van der Waals surface area (Å²) in [6.07, 6.45) is 9.03. The van der Waals surface area contributed by atoms with Crippen LogP contribution in [0.1, 0.15) is 38.7 Å². The summed E-state index contributed by atoms with van der Waals surface area (Å²) in [5.41, 5.74) is 1.36. The first kappa shape index (κ1) is 12.6. The zero-order valence-corrected chi connectivity index (χ0v) is 11.0. The predicted octanol–water partition coefficient (Wildman–Crippen LogP) is 3.04. The minimum atomic E-state index is 0.617. The fraction of sp³-hybridized carbons (Fsp3) is 0.667. The van der Waals surface area contributed by atoms with Gasteiger partial charge in [0.05, 0.1) is 0 Å². The van der Waals surface area contributed by atoms with E-state index >= 15 is 0 Å². The molecule has 1 N–H and O–H groups in total. The van der Waals surface area contributed by atoms with Gasteiger partial charge in [-0.2, -0.15) is 0 Å². The minimum Gasteiger partial charge on any atom is -0.313 e. The molecule has 2 heteroatoms. The second kappa shape index (κ2) is 6.15. The van der Waals surface area contributed by atoms with Crippen molar-refractivity contribution in [3.63, 3.8) is 0 Å². The average Bonchev–Trinajstić information content (AvgIpc) is 3.19. The second-order valence-corrected chi connectivity index (χ2v) is 5.32. The Labute approximate surface area is 105 Å². The summed E-state index contributed by atoms with van der Waals surface area (Å²) < 4.78 is 0. The zero-order valence-electron chi connectivity index (χ0n) is 11.0. The van der Waals surface area contributed by atoms with E-state index in [1.165, 1.54) is 24.8 Å². The van der Waals surface area contributed by atoms with E-state index < -0.39 is 0 Å². The van der Waals surface area contributed by atoms with E-state index in [1.807, 2.05) is 18.5 Å². The first-order valence-corrected chi connectivity index (χ1v) is 6.93. The summed E-state index contributed by atoms with van der Waals surface area (Å²) in [4.78, 5) is 4.21. The smallest absolute Gasteiger partial charge is 0.0300 e. The molecular weight excluding hydrogens is 208 g/mol. The van der Waals surface area contributed by atoms with E-state index in [1.54, 1.807) is 0 Å². The fourth-order valence-electron chi connectivity index (χ4n) is 2.50. The van der Waals surface area contributed by atoms with Crippen LogP contribution in [0.5, 0.6) is 0 Å². The van der Waals surface area contributed by atoms with Crippen LogP contribution in [0.2, 0.25) is 0 Å². The Hall–Kier alpha value is -0.890. The summed E-state index contributed by atoms with van der Waals surface area (Å²) in [6, 6.07) is 4.84. The molecule has 1 aliphatic rings. The van der Waals surface area contributed by atoms with E-state index in [0.717, 1.165) is 24.8 Å². The van der Waals surface area contributed by atoms with Gasteiger partial charge < -0.3 is 5.32 Å². The molecule has 0 amide bonds. The molecule has 1 aromatic rings. The van der Waals surface area contributed by atoms with Gasteiger partial charge in [0.2, 0.25) is 0 Å². The lowest BCUT2D eigenvalue weighted by molar-refractivity contribution is 0.339. The fourth-order valence-corrected chi connectivity index (χ4v) is 2.50. The summed E-state index contributed by atoms with van der Waals surface area (Å²) in [5, 5.41) is 3.71. The third kappa shape index (κ3) is 3.81. The first-order chi connectivity index (χ1) is 8.31. The van der Waals surface area contributed by atoms with Crippen molar-refractivity contribution in [2.24, 2.45) is 11.8 Å². The largest absolute Gasteiger partial charge is 0.313 e. The molecule has 2 atom stereocenters. The number of aromatic nitrogens is 1. The lowest BCUT2D eigenvalue weighted by Crippen LogP contribution is -2.38. The van der Waals surface area contributed by atoms with Crippen molar-refractivity contribution in [3.05, 3.63) is 30.1 Å². The van der Waals surface area contributed by atoms with Gasteiger partial charge in [-0.3, -0.25) is 4.98 Å². The molecular formula is C15H24N2. The Morgan fingerprint density at radius 1 is 1.47 bits per heavy atom. The number of pyridine rings is 1. The minimum absolute atomic E-state index is 0.617. The van der Waals surface area contributed by atoms with Gasteiger partial charge in [-0.15, -0.1) is 0 Å². The number of hydrogen-bond acceptors (Lipinski definition) is 2. The Balaban J connectivity index is 1.94. The normalized spacial score (nSPS) is 18.9. The van der Waals surface area contributed by atoms with Gasteiger partial charge >= 0.3 is 0 Å². The first-order valence-electron chi connectivity index (χ1n) is 6.93. The van der Waals surface area contributed by atoms with E-state index in [9.17, 15) is 0 Å². The third-order valence-electron chi connectivity index (χ3n) is 3.84. The lowest BCUT2D eigenvalue weighted by atomic mass is 9.91. The van der Waals surface area contributed by atoms with Crippen molar-refractivity contribution in [1.82, 2.24) is 10.3 Å². The maximum Gasteiger partial charge on any atom is 0.0300 e. The Bertz CT molecular complexity index is 319. The molecule has 0 bridgehead atoms. The Morgan fingerprint density at radius 3 is 2.88 bits per heavy atom. The number of nitrogens with zero attached hydrogens (tertiary/aromatic N) is 1. The molecule has 0 aliphatic heterocycles. The summed E-state index contributed by atoms with van der Waals surface area (Å²) >= 11 is 0. The summed E-state index contributed by atoms with van der Waals surface area (Å²) in [5.74, 6) is 1.75. The van der Waals surface area contributed by atoms with Crippen LogP contribution in [0.15, 0.2) is 24.5 Å². The highest BCUT2D eigenvalue weighted by atomic mass is 14.9. The molecule has 1 saturated carbocycles. The van der Waals surface area contributed by atoms with E-state index in [-0.39, 0.29) is 0 Å². The molecule has 0 saturated heterocycles. The van der Waals surface area contributed by atoms with Crippen LogP contribution < -0.4 is 5.32 Å². The SMILES string of the molecule is CCCNC(Cc1cccnc1)C(C)C1CC1. The lowest BCUT2D eigenvalue weighted by Gasteiger charge is -2.25. The molecule has 0 radical (unpaired) electrons. The van der Waals surface area contributed by atoms with Gasteiger partial charge in [0.15, 0.2) is 0 Å². The average molecular weight is 232 g/mol. The molecule has 1 heterocycles. The second-order valence-electron chi connectivity index (χ2n) is 5.32. The molecule has 0 spiro atoms. The highest BCUT2D eigenvalue weighted by molar-refractivity contribution is 5.11. The molecule has 17 heavy (non-hydrogen) atoms. The van der Waals surface area contributed by atoms with Crippen LogP contribution in [-0.4, -0.2) is 17.6 Å². The zero-order chi connectivity index (χ0) is 12.1.